The number of aliphatic hydroxyl groups is 1. The maximum atomic E-state index is 10.3. The third-order valence-corrected chi connectivity index (χ3v) is 2.64. The number of hydrogen-bond donors (Lipinski definition) is 1. The summed E-state index contributed by atoms with van der Waals surface area (Å²) >= 11 is 0. The first-order chi connectivity index (χ1) is 8.13. The molecule has 0 amide bonds. The Morgan fingerprint density at radius 1 is 1.35 bits per heavy atom. The average molecular weight is 233 g/mol. The Labute approximate surface area is 99.7 Å². The van der Waals surface area contributed by atoms with Gasteiger partial charge in [0, 0.05) is 13.2 Å². The van der Waals surface area contributed by atoms with Crippen molar-refractivity contribution < 1.29 is 9.84 Å². The Morgan fingerprint density at radius 2 is 2.12 bits per heavy atom. The number of aliphatic hydroxyl groups excluding tert-OH is 1. The van der Waals surface area contributed by atoms with E-state index in [-0.39, 0.29) is 0 Å². The van der Waals surface area contributed by atoms with Crippen molar-refractivity contribution in [2.45, 2.75) is 13.0 Å². The minimum atomic E-state index is -0.835. The van der Waals surface area contributed by atoms with Gasteiger partial charge in [0.1, 0.15) is 11.8 Å². The molecular weight excluding hydrogens is 218 g/mol. The molecule has 0 bridgehead atoms. The van der Waals surface area contributed by atoms with Crippen molar-refractivity contribution in [3.8, 4) is 5.75 Å². The number of aromatic nitrogens is 3. The highest BCUT2D eigenvalue weighted by molar-refractivity contribution is 5.32. The van der Waals surface area contributed by atoms with Crippen LogP contribution >= 0.6 is 0 Å². The SMILES string of the molecule is COc1cnn(C)c1C(O)c1ccc(C)cn1. The number of hydrogen-bond acceptors (Lipinski definition) is 4. The molecule has 2 rings (SSSR count). The molecule has 2 aromatic heterocycles. The van der Waals surface area contributed by atoms with Gasteiger partial charge in [-0.05, 0) is 18.6 Å². The largest absolute Gasteiger partial charge is 0.493 e. The van der Waals surface area contributed by atoms with Gasteiger partial charge in [-0.2, -0.15) is 5.10 Å². The topological polar surface area (TPSA) is 60.2 Å². The van der Waals surface area contributed by atoms with Crippen LogP contribution in [0.2, 0.25) is 0 Å². The fraction of sp³-hybridized carbons (Fsp3) is 0.333. The predicted octanol–water partition coefficient (Wildman–Crippen LogP) is 1.21. The summed E-state index contributed by atoms with van der Waals surface area (Å²) in [7, 11) is 3.31. The summed E-state index contributed by atoms with van der Waals surface area (Å²) in [6.45, 7) is 1.95. The van der Waals surface area contributed by atoms with Crippen molar-refractivity contribution in [1.29, 1.82) is 0 Å². The van der Waals surface area contributed by atoms with Gasteiger partial charge >= 0.3 is 0 Å². The van der Waals surface area contributed by atoms with Crippen LogP contribution in [-0.4, -0.2) is 27.0 Å². The molecule has 1 atom stereocenters. The summed E-state index contributed by atoms with van der Waals surface area (Å²) in [4.78, 5) is 4.20. The smallest absolute Gasteiger partial charge is 0.163 e. The third kappa shape index (κ3) is 2.14. The normalized spacial score (nSPS) is 12.5. The van der Waals surface area contributed by atoms with Crippen LogP contribution in [0.1, 0.15) is 23.1 Å². The van der Waals surface area contributed by atoms with E-state index in [1.807, 2.05) is 13.0 Å². The van der Waals surface area contributed by atoms with Crippen molar-refractivity contribution in [2.24, 2.45) is 7.05 Å². The molecule has 0 fully saturated rings. The highest BCUT2D eigenvalue weighted by atomic mass is 16.5. The molecule has 1 N–H and O–H groups in total. The molecule has 1 unspecified atom stereocenters. The first-order valence-electron chi connectivity index (χ1n) is 5.30. The minimum Gasteiger partial charge on any atom is -0.493 e. The second kappa shape index (κ2) is 4.55. The Hall–Kier alpha value is -1.88. The fourth-order valence-corrected chi connectivity index (χ4v) is 1.68. The molecule has 0 aliphatic carbocycles. The standard InChI is InChI=1S/C12H15N3O2/c1-8-4-5-9(13-6-8)12(16)11-10(17-3)7-14-15(11)2/h4-7,12,16H,1-3H3. The summed E-state index contributed by atoms with van der Waals surface area (Å²) in [6, 6.07) is 3.71. The van der Waals surface area contributed by atoms with Crippen LogP contribution in [0.5, 0.6) is 5.75 Å². The maximum absolute atomic E-state index is 10.3. The van der Waals surface area contributed by atoms with E-state index in [9.17, 15) is 5.11 Å². The molecule has 0 radical (unpaired) electrons. The van der Waals surface area contributed by atoms with Crippen molar-refractivity contribution in [1.82, 2.24) is 14.8 Å². The van der Waals surface area contributed by atoms with Gasteiger partial charge in [-0.15, -0.1) is 0 Å². The Balaban J connectivity index is 2.39. The minimum absolute atomic E-state index is 0.558. The van der Waals surface area contributed by atoms with Crippen LogP contribution in [0.25, 0.3) is 0 Å². The summed E-state index contributed by atoms with van der Waals surface area (Å²) in [5, 5.41) is 14.3. The number of ether oxygens (including phenoxy) is 1. The molecule has 5 nitrogen and oxygen atoms in total. The maximum Gasteiger partial charge on any atom is 0.163 e. The molecule has 90 valence electrons. The highest BCUT2D eigenvalue weighted by Crippen LogP contribution is 2.28. The van der Waals surface area contributed by atoms with Crippen molar-refractivity contribution >= 4 is 0 Å². The first-order valence-corrected chi connectivity index (χ1v) is 5.30. The summed E-state index contributed by atoms with van der Waals surface area (Å²) in [6.07, 6.45) is 2.46. The lowest BCUT2D eigenvalue weighted by Gasteiger charge is -2.12. The van der Waals surface area contributed by atoms with E-state index in [4.69, 9.17) is 4.74 Å². The Morgan fingerprint density at radius 3 is 2.71 bits per heavy atom. The quantitative estimate of drug-likeness (QED) is 0.865. The lowest BCUT2D eigenvalue weighted by molar-refractivity contribution is 0.199. The fourth-order valence-electron chi connectivity index (χ4n) is 1.68. The zero-order valence-corrected chi connectivity index (χ0v) is 10.1. The number of rotatable bonds is 3. The third-order valence-electron chi connectivity index (χ3n) is 2.64. The summed E-state index contributed by atoms with van der Waals surface area (Å²) < 4.78 is 6.75. The van der Waals surface area contributed by atoms with E-state index in [1.165, 1.54) is 0 Å². The first kappa shape index (κ1) is 11.6. The predicted molar refractivity (Wildman–Crippen MR) is 62.8 cm³/mol. The molecule has 2 heterocycles. The number of pyridine rings is 1. The summed E-state index contributed by atoms with van der Waals surface area (Å²) in [5.74, 6) is 0.558. The molecular formula is C12H15N3O2. The molecule has 0 aliphatic rings. The average Bonchev–Trinajstić information content (AvgIpc) is 2.70. The van der Waals surface area contributed by atoms with E-state index in [1.54, 1.807) is 37.3 Å². The molecule has 0 saturated carbocycles. The van der Waals surface area contributed by atoms with Crippen LogP contribution in [0, 0.1) is 6.92 Å². The number of methoxy groups -OCH3 is 1. The van der Waals surface area contributed by atoms with Crippen LogP contribution < -0.4 is 4.74 Å². The van der Waals surface area contributed by atoms with Gasteiger partial charge in [-0.3, -0.25) is 9.67 Å². The van der Waals surface area contributed by atoms with E-state index < -0.39 is 6.10 Å². The van der Waals surface area contributed by atoms with Crippen LogP contribution in [0.4, 0.5) is 0 Å². The van der Waals surface area contributed by atoms with Gasteiger partial charge in [-0.1, -0.05) is 6.07 Å². The zero-order valence-electron chi connectivity index (χ0n) is 10.1. The van der Waals surface area contributed by atoms with E-state index in [2.05, 4.69) is 10.1 Å². The molecule has 17 heavy (non-hydrogen) atoms. The zero-order chi connectivity index (χ0) is 12.4. The lowest BCUT2D eigenvalue weighted by Crippen LogP contribution is -2.09. The van der Waals surface area contributed by atoms with Gasteiger partial charge < -0.3 is 9.84 Å². The van der Waals surface area contributed by atoms with E-state index in [0.29, 0.717) is 17.1 Å². The van der Waals surface area contributed by atoms with Crippen molar-refractivity contribution in [3.63, 3.8) is 0 Å². The van der Waals surface area contributed by atoms with Crippen LogP contribution in [0.15, 0.2) is 24.5 Å². The highest BCUT2D eigenvalue weighted by Gasteiger charge is 2.20. The van der Waals surface area contributed by atoms with Gasteiger partial charge in [0.15, 0.2) is 5.75 Å². The second-order valence-electron chi connectivity index (χ2n) is 3.88. The lowest BCUT2D eigenvalue weighted by atomic mass is 10.1. The number of aryl methyl sites for hydroxylation is 2. The molecule has 2 aromatic rings. The second-order valence-corrected chi connectivity index (χ2v) is 3.88. The van der Waals surface area contributed by atoms with Gasteiger partial charge in [-0.25, -0.2) is 0 Å². The monoisotopic (exact) mass is 233 g/mol. The molecule has 0 aliphatic heterocycles. The van der Waals surface area contributed by atoms with Crippen LogP contribution in [0.3, 0.4) is 0 Å². The summed E-state index contributed by atoms with van der Waals surface area (Å²) in [5.41, 5.74) is 2.24. The van der Waals surface area contributed by atoms with Crippen molar-refractivity contribution in [2.75, 3.05) is 7.11 Å². The van der Waals surface area contributed by atoms with E-state index >= 15 is 0 Å². The Kier molecular flexibility index (Phi) is 3.10. The van der Waals surface area contributed by atoms with Crippen LogP contribution in [-0.2, 0) is 7.05 Å². The van der Waals surface area contributed by atoms with E-state index in [0.717, 1.165) is 5.56 Å². The molecule has 5 heteroatoms. The molecule has 0 aromatic carbocycles. The molecule has 0 saturated heterocycles. The Bertz CT molecular complexity index is 505. The van der Waals surface area contributed by atoms with Gasteiger partial charge in [0.05, 0.1) is 19.0 Å². The van der Waals surface area contributed by atoms with Gasteiger partial charge in [0.25, 0.3) is 0 Å². The van der Waals surface area contributed by atoms with Crippen molar-refractivity contribution in [3.05, 3.63) is 41.5 Å². The van der Waals surface area contributed by atoms with Gasteiger partial charge in [0.2, 0.25) is 0 Å². The number of nitrogens with zero attached hydrogens (tertiary/aromatic N) is 3. The molecule has 0 spiro atoms.